The van der Waals surface area contributed by atoms with Gasteiger partial charge in [-0.3, -0.25) is 29.8 Å². The Bertz CT molecular complexity index is 1910. The van der Waals surface area contributed by atoms with Gasteiger partial charge in [0.25, 0.3) is 5.69 Å². The van der Waals surface area contributed by atoms with E-state index in [2.05, 4.69) is 64.5 Å². The van der Waals surface area contributed by atoms with Gasteiger partial charge in [-0.2, -0.15) is 0 Å². The van der Waals surface area contributed by atoms with Crippen LogP contribution in [0.5, 0.6) is 11.5 Å². The summed E-state index contributed by atoms with van der Waals surface area (Å²) in [6.07, 6.45) is 1.76. The molecule has 0 unspecified atom stereocenters. The van der Waals surface area contributed by atoms with E-state index >= 15 is 0 Å². The Morgan fingerprint density at radius 1 is 0.812 bits per heavy atom. The van der Waals surface area contributed by atoms with Crippen LogP contribution in [0.25, 0.3) is 0 Å². The van der Waals surface area contributed by atoms with Crippen molar-refractivity contribution in [2.75, 3.05) is 0 Å². The lowest BCUT2D eigenvalue weighted by molar-refractivity contribution is -0.394. The maximum atomic E-state index is 14.4. The van der Waals surface area contributed by atoms with Crippen molar-refractivity contribution in [3.63, 3.8) is 0 Å². The first-order valence-corrected chi connectivity index (χ1v) is 17.1. The third-order valence-corrected chi connectivity index (χ3v) is 10.2. The molecule has 6 rings (SSSR count). The molecular formula is C36H33Br2N3O7. The Morgan fingerprint density at radius 3 is 1.94 bits per heavy atom. The quantitative estimate of drug-likeness (QED) is 0.171. The van der Waals surface area contributed by atoms with Crippen molar-refractivity contribution in [3.05, 3.63) is 124 Å². The SMILES string of the molecule is CC1(C)CC(=O)C2=C(C1)N(Cc1ccccc1)C1=C(C(=O)CC(C)(C)C1)C2c1cc(Br)cc(Br)c1Oc1ccc([N+](=O)[O-])cc1[N+](=O)[O-]. The minimum Gasteiger partial charge on any atom is -0.449 e. The topological polar surface area (TPSA) is 133 Å². The lowest BCUT2D eigenvalue weighted by atomic mass is 9.63. The highest BCUT2D eigenvalue weighted by Gasteiger charge is 2.50. The molecule has 10 nitrogen and oxygen atoms in total. The summed E-state index contributed by atoms with van der Waals surface area (Å²) in [7, 11) is 0. The number of nitrogens with zero attached hydrogens (tertiary/aromatic N) is 3. The summed E-state index contributed by atoms with van der Waals surface area (Å²) in [4.78, 5) is 53.0. The van der Waals surface area contributed by atoms with Gasteiger partial charge in [-0.15, -0.1) is 0 Å². The van der Waals surface area contributed by atoms with Crippen LogP contribution in [0.3, 0.4) is 0 Å². The standard InChI is InChI=1S/C36H33Br2N3O7/c1-35(2)15-26-32(28(42)17-35)31(33-27(16-36(3,4)18-29(33)43)39(26)19-20-8-6-5-7-9-20)23-12-21(37)13-24(38)34(23)48-30-11-10-22(40(44)45)14-25(30)41(46)47/h5-14,31H,15-19H2,1-4H3. The van der Waals surface area contributed by atoms with Gasteiger partial charge >= 0.3 is 5.69 Å². The Hall–Kier alpha value is -4.16. The van der Waals surface area contributed by atoms with Gasteiger partial charge in [0, 0.05) is 63.9 Å². The van der Waals surface area contributed by atoms with Crippen LogP contribution in [0.4, 0.5) is 11.4 Å². The molecule has 3 aromatic rings. The number of hydrogen-bond acceptors (Lipinski definition) is 8. The first-order chi connectivity index (χ1) is 22.5. The van der Waals surface area contributed by atoms with E-state index in [9.17, 15) is 29.8 Å². The number of ether oxygens (including phenoxy) is 1. The number of halogens is 2. The zero-order chi connectivity index (χ0) is 34.7. The zero-order valence-electron chi connectivity index (χ0n) is 26.8. The summed E-state index contributed by atoms with van der Waals surface area (Å²) in [5.74, 6) is -0.999. The minimum atomic E-state index is -0.810. The summed E-state index contributed by atoms with van der Waals surface area (Å²) in [6.45, 7) is 8.77. The maximum Gasteiger partial charge on any atom is 0.318 e. The number of nitro groups is 2. The molecule has 48 heavy (non-hydrogen) atoms. The highest BCUT2D eigenvalue weighted by Crippen LogP contribution is 2.57. The molecule has 0 saturated heterocycles. The fourth-order valence-corrected chi connectivity index (χ4v) is 8.52. The van der Waals surface area contributed by atoms with E-state index < -0.39 is 27.1 Å². The third-order valence-electron chi connectivity index (χ3n) is 9.12. The van der Waals surface area contributed by atoms with Gasteiger partial charge in [0.2, 0.25) is 5.75 Å². The van der Waals surface area contributed by atoms with Crippen LogP contribution < -0.4 is 4.74 Å². The first-order valence-electron chi connectivity index (χ1n) is 15.5. The van der Waals surface area contributed by atoms with E-state index in [0.717, 1.165) is 29.1 Å². The van der Waals surface area contributed by atoms with Crippen LogP contribution in [0.1, 0.15) is 70.4 Å². The summed E-state index contributed by atoms with van der Waals surface area (Å²) in [5.41, 5.74) is 2.56. The van der Waals surface area contributed by atoms with Gasteiger partial charge in [-0.05, 0) is 63.4 Å². The number of hydrogen-bond donors (Lipinski definition) is 0. The van der Waals surface area contributed by atoms with Crippen molar-refractivity contribution >= 4 is 54.8 Å². The van der Waals surface area contributed by atoms with Gasteiger partial charge in [-0.1, -0.05) is 74.0 Å². The molecule has 0 aromatic heterocycles. The van der Waals surface area contributed by atoms with Crippen molar-refractivity contribution in [1.82, 2.24) is 4.90 Å². The average Bonchev–Trinajstić information content (AvgIpc) is 2.98. The van der Waals surface area contributed by atoms with Gasteiger partial charge in [0.15, 0.2) is 11.6 Å². The molecule has 1 aliphatic heterocycles. The largest absolute Gasteiger partial charge is 0.449 e. The molecule has 248 valence electrons. The van der Waals surface area contributed by atoms with Crippen LogP contribution in [0.15, 0.2) is 92.1 Å². The number of ketones is 2. The molecule has 2 aliphatic carbocycles. The highest BCUT2D eigenvalue weighted by atomic mass is 79.9. The molecule has 0 saturated carbocycles. The van der Waals surface area contributed by atoms with E-state index in [4.69, 9.17) is 4.74 Å². The molecule has 3 aromatic carbocycles. The predicted molar refractivity (Wildman–Crippen MR) is 186 cm³/mol. The molecule has 0 atom stereocenters. The molecular weight excluding hydrogens is 746 g/mol. The first kappa shape index (κ1) is 33.7. The van der Waals surface area contributed by atoms with Gasteiger partial charge < -0.3 is 9.64 Å². The van der Waals surface area contributed by atoms with Crippen LogP contribution in [0.2, 0.25) is 0 Å². The molecule has 0 N–H and O–H groups in total. The fraction of sp³-hybridized carbons (Fsp3) is 0.333. The molecule has 3 aliphatic rings. The van der Waals surface area contributed by atoms with Crippen LogP contribution in [-0.4, -0.2) is 26.3 Å². The number of allylic oxidation sites excluding steroid dienone is 4. The smallest absolute Gasteiger partial charge is 0.318 e. The second kappa shape index (κ2) is 12.4. The second-order valence-corrected chi connectivity index (χ2v) is 16.0. The van der Waals surface area contributed by atoms with Crippen LogP contribution >= 0.6 is 31.9 Å². The summed E-state index contributed by atoms with van der Waals surface area (Å²) in [6, 6.07) is 16.6. The lowest BCUT2D eigenvalue weighted by Gasteiger charge is -2.49. The molecule has 0 amide bonds. The number of Topliss-reactive ketones (excluding diaryl/α,β-unsaturated/α-hetero) is 2. The average molecular weight is 779 g/mol. The number of nitro benzene ring substituents is 2. The van der Waals surface area contributed by atoms with E-state index in [1.165, 1.54) is 6.07 Å². The normalized spacial score (nSPS) is 18.8. The molecule has 0 spiro atoms. The van der Waals surface area contributed by atoms with E-state index in [-0.39, 0.29) is 46.7 Å². The highest BCUT2D eigenvalue weighted by molar-refractivity contribution is 9.11. The summed E-state index contributed by atoms with van der Waals surface area (Å²) in [5, 5.41) is 23.5. The predicted octanol–water partition coefficient (Wildman–Crippen LogP) is 9.71. The van der Waals surface area contributed by atoms with Crippen molar-refractivity contribution in [2.45, 2.75) is 65.8 Å². The molecule has 0 radical (unpaired) electrons. The lowest BCUT2D eigenvalue weighted by Crippen LogP contribution is -2.44. The Labute approximate surface area is 294 Å². The molecule has 1 heterocycles. The second-order valence-electron chi connectivity index (χ2n) is 14.2. The number of non-ortho nitro benzene ring substituents is 1. The monoisotopic (exact) mass is 777 g/mol. The Balaban J connectivity index is 1.62. The van der Waals surface area contributed by atoms with E-state index in [1.807, 2.05) is 30.3 Å². The number of carbonyl (C=O) groups excluding carboxylic acids is 2. The van der Waals surface area contributed by atoms with Crippen LogP contribution in [-0.2, 0) is 16.1 Å². The third kappa shape index (κ3) is 6.35. The minimum absolute atomic E-state index is 0.0724. The Morgan fingerprint density at radius 2 is 1.40 bits per heavy atom. The number of rotatable bonds is 7. The number of carbonyl (C=O) groups is 2. The van der Waals surface area contributed by atoms with Gasteiger partial charge in [0.1, 0.15) is 5.75 Å². The van der Waals surface area contributed by atoms with Crippen molar-refractivity contribution in [3.8, 4) is 11.5 Å². The molecule has 12 heteroatoms. The summed E-state index contributed by atoms with van der Waals surface area (Å²) >= 11 is 7.15. The zero-order valence-corrected chi connectivity index (χ0v) is 30.0. The van der Waals surface area contributed by atoms with E-state index in [0.29, 0.717) is 45.0 Å². The van der Waals surface area contributed by atoms with Crippen molar-refractivity contribution < 1.29 is 24.2 Å². The van der Waals surface area contributed by atoms with Gasteiger partial charge in [-0.25, -0.2) is 0 Å². The van der Waals surface area contributed by atoms with Crippen LogP contribution in [0, 0.1) is 31.1 Å². The number of benzene rings is 3. The van der Waals surface area contributed by atoms with Crippen molar-refractivity contribution in [2.24, 2.45) is 10.8 Å². The van der Waals surface area contributed by atoms with Crippen molar-refractivity contribution in [1.29, 1.82) is 0 Å². The molecule has 0 fully saturated rings. The fourth-order valence-electron chi connectivity index (χ4n) is 7.18. The van der Waals surface area contributed by atoms with Gasteiger partial charge in [0.05, 0.1) is 20.4 Å². The molecule has 0 bridgehead atoms. The van der Waals surface area contributed by atoms with E-state index in [1.54, 1.807) is 12.1 Å². The maximum absolute atomic E-state index is 14.4. The summed E-state index contributed by atoms with van der Waals surface area (Å²) < 4.78 is 7.35. The Kier molecular flexibility index (Phi) is 8.70.